The van der Waals surface area contributed by atoms with E-state index in [2.05, 4.69) is 21.7 Å². The lowest BCUT2D eigenvalue weighted by atomic mass is 9.98. The van der Waals surface area contributed by atoms with Crippen molar-refractivity contribution in [1.82, 2.24) is 15.6 Å². The number of rotatable bonds is 12. The van der Waals surface area contributed by atoms with Gasteiger partial charge in [-0.25, -0.2) is 4.79 Å². The number of hydrogen-bond donors (Lipinski definition) is 6. The predicted octanol–water partition coefficient (Wildman–Crippen LogP) is 5.04. The minimum atomic E-state index is -1.10. The average molecular weight is 580 g/mol. The molecule has 1 aromatic heterocycles. The number of phenols is 1. The van der Waals surface area contributed by atoms with Crippen molar-refractivity contribution in [3.05, 3.63) is 141 Å². The van der Waals surface area contributed by atoms with Crippen molar-refractivity contribution in [3.63, 3.8) is 0 Å². The first-order valence-electron chi connectivity index (χ1n) is 14.0. The van der Waals surface area contributed by atoms with Crippen molar-refractivity contribution in [1.29, 1.82) is 0 Å². The van der Waals surface area contributed by atoms with Gasteiger partial charge < -0.3 is 35.7 Å². The van der Waals surface area contributed by atoms with Crippen LogP contribution in [0.5, 0.6) is 11.5 Å². The van der Waals surface area contributed by atoms with Gasteiger partial charge in [-0.3, -0.25) is 4.79 Å². The van der Waals surface area contributed by atoms with Crippen molar-refractivity contribution < 1.29 is 24.9 Å². The summed E-state index contributed by atoms with van der Waals surface area (Å²) < 4.78 is 6.07. The fraction of sp³-hybridized carbons (Fsp3) is 0.176. The molecule has 0 unspecified atom stereocenters. The number of fused-ring (bicyclic) bond motifs is 1. The molecule has 0 bridgehead atoms. The second-order valence-electron chi connectivity index (χ2n) is 10.2. The highest BCUT2D eigenvalue weighted by molar-refractivity contribution is 5.87. The standard InChI is InChI=1S/C34H33N3O6/c38-29-14-12-27(28-13-15-31(40)36-33(28)29)30(39)20-35-17-16-22-6-4-7-23(18-22)21-43-26-11-5-10-25(19-26)32(37-34(41)42)24-8-2-1-3-9-24/h1-15,18-19,30,32,35,37-39H,16-17,20-21H2,(H,36,40)(H,41,42)/t30-,32-/m0/s1. The van der Waals surface area contributed by atoms with Crippen LogP contribution in [0.2, 0.25) is 0 Å². The average Bonchev–Trinajstić information content (AvgIpc) is 3.02. The van der Waals surface area contributed by atoms with E-state index in [0.717, 1.165) is 28.7 Å². The molecule has 0 aliphatic heterocycles. The van der Waals surface area contributed by atoms with E-state index >= 15 is 0 Å². The number of amides is 1. The molecule has 4 aromatic carbocycles. The zero-order chi connectivity index (χ0) is 30.2. The molecule has 5 rings (SSSR count). The molecule has 220 valence electrons. The molecule has 0 saturated heterocycles. The Bertz CT molecular complexity index is 1750. The molecule has 0 fully saturated rings. The van der Waals surface area contributed by atoms with Gasteiger partial charge in [0.25, 0.3) is 0 Å². The Balaban J connectivity index is 1.16. The number of aromatic hydroxyl groups is 1. The van der Waals surface area contributed by atoms with Crippen LogP contribution in [0.25, 0.3) is 10.9 Å². The molecule has 2 atom stereocenters. The van der Waals surface area contributed by atoms with Crippen molar-refractivity contribution in [3.8, 4) is 11.5 Å². The topological polar surface area (TPSA) is 144 Å². The number of hydrogen-bond acceptors (Lipinski definition) is 6. The maximum absolute atomic E-state index is 11.6. The normalized spacial score (nSPS) is 12.5. The highest BCUT2D eigenvalue weighted by atomic mass is 16.5. The molecule has 43 heavy (non-hydrogen) atoms. The third-order valence-electron chi connectivity index (χ3n) is 7.18. The van der Waals surface area contributed by atoms with Crippen molar-refractivity contribution in [2.75, 3.05) is 13.1 Å². The fourth-order valence-corrected chi connectivity index (χ4v) is 5.08. The summed E-state index contributed by atoms with van der Waals surface area (Å²) in [6.07, 6.45) is -1.19. The number of aromatic nitrogens is 1. The molecule has 1 heterocycles. The molecular weight excluding hydrogens is 546 g/mol. The third-order valence-corrected chi connectivity index (χ3v) is 7.18. The number of carboxylic acid groups (broad SMARTS) is 1. The van der Waals surface area contributed by atoms with Crippen molar-refractivity contribution in [2.24, 2.45) is 0 Å². The van der Waals surface area contributed by atoms with Crippen LogP contribution in [0, 0.1) is 0 Å². The van der Waals surface area contributed by atoms with Crippen LogP contribution in [0.3, 0.4) is 0 Å². The summed E-state index contributed by atoms with van der Waals surface area (Å²) in [4.78, 5) is 25.7. The highest BCUT2D eigenvalue weighted by Crippen LogP contribution is 2.29. The van der Waals surface area contributed by atoms with E-state index in [0.29, 0.717) is 41.9 Å². The number of phenolic OH excluding ortho intramolecular Hbond substituents is 1. The summed E-state index contributed by atoms with van der Waals surface area (Å²) in [6, 6.07) is 30.5. The lowest BCUT2D eigenvalue weighted by molar-refractivity contribution is 0.176. The minimum Gasteiger partial charge on any atom is -0.506 e. The summed E-state index contributed by atoms with van der Waals surface area (Å²) in [5, 5.41) is 36.7. The van der Waals surface area contributed by atoms with Gasteiger partial charge in [-0.1, -0.05) is 72.8 Å². The van der Waals surface area contributed by atoms with Gasteiger partial charge in [0, 0.05) is 18.0 Å². The smallest absolute Gasteiger partial charge is 0.405 e. The molecule has 0 aliphatic carbocycles. The first kappa shape index (κ1) is 29.4. The molecule has 0 saturated carbocycles. The van der Waals surface area contributed by atoms with Crippen LogP contribution in [-0.4, -0.2) is 39.5 Å². The number of benzene rings is 4. The van der Waals surface area contributed by atoms with E-state index in [1.165, 1.54) is 12.1 Å². The Hall–Kier alpha value is -5.12. The molecular formula is C34H33N3O6. The fourth-order valence-electron chi connectivity index (χ4n) is 5.08. The first-order valence-corrected chi connectivity index (χ1v) is 14.0. The number of aliphatic hydroxyl groups excluding tert-OH is 1. The van der Waals surface area contributed by atoms with Crippen molar-refractivity contribution >= 4 is 17.0 Å². The lowest BCUT2D eigenvalue weighted by Crippen LogP contribution is -2.27. The Labute approximate surface area is 248 Å². The molecule has 1 amide bonds. The number of carbonyl (C=O) groups is 1. The Morgan fingerprint density at radius 3 is 2.44 bits per heavy atom. The highest BCUT2D eigenvalue weighted by Gasteiger charge is 2.17. The SMILES string of the molecule is O=C(O)N[C@@H](c1ccccc1)c1cccc(OCc2cccc(CCNC[C@H](O)c3ccc(O)c4[nH]c(=O)ccc34)c2)c1. The summed E-state index contributed by atoms with van der Waals surface area (Å²) in [5.41, 5.74) is 4.33. The molecule has 0 spiro atoms. The number of ether oxygens (including phenoxy) is 1. The predicted molar refractivity (Wildman–Crippen MR) is 164 cm³/mol. The molecule has 9 heteroatoms. The largest absolute Gasteiger partial charge is 0.506 e. The Morgan fingerprint density at radius 2 is 1.63 bits per heavy atom. The van der Waals surface area contributed by atoms with Gasteiger partial charge in [0.05, 0.1) is 17.7 Å². The zero-order valence-electron chi connectivity index (χ0n) is 23.4. The Morgan fingerprint density at radius 1 is 0.860 bits per heavy atom. The molecule has 5 aromatic rings. The van der Waals surface area contributed by atoms with Gasteiger partial charge in [-0.05, 0) is 65.0 Å². The monoisotopic (exact) mass is 579 g/mol. The molecule has 0 radical (unpaired) electrons. The maximum atomic E-state index is 11.6. The van der Waals surface area contributed by atoms with Gasteiger partial charge in [0.15, 0.2) is 0 Å². The number of aromatic amines is 1. The number of H-pyrrole nitrogens is 1. The van der Waals surface area contributed by atoms with Crippen LogP contribution >= 0.6 is 0 Å². The number of nitrogens with one attached hydrogen (secondary N) is 3. The van der Waals surface area contributed by atoms with Crippen LogP contribution in [0.15, 0.2) is 108 Å². The Kier molecular flexibility index (Phi) is 9.36. The van der Waals surface area contributed by atoms with Gasteiger partial charge in [0.2, 0.25) is 5.56 Å². The quantitative estimate of drug-likeness (QED) is 0.114. The van der Waals surface area contributed by atoms with E-state index in [4.69, 9.17) is 4.74 Å². The van der Waals surface area contributed by atoms with Crippen LogP contribution in [0.1, 0.15) is 40.0 Å². The third kappa shape index (κ3) is 7.59. The number of aliphatic hydroxyl groups is 1. The van der Waals surface area contributed by atoms with E-state index in [-0.39, 0.29) is 11.3 Å². The van der Waals surface area contributed by atoms with E-state index in [9.17, 15) is 24.9 Å². The van der Waals surface area contributed by atoms with Crippen LogP contribution < -0.4 is 20.9 Å². The van der Waals surface area contributed by atoms with Gasteiger partial charge in [-0.15, -0.1) is 0 Å². The van der Waals surface area contributed by atoms with E-state index in [1.54, 1.807) is 12.1 Å². The van der Waals surface area contributed by atoms with Gasteiger partial charge in [0.1, 0.15) is 18.1 Å². The summed E-state index contributed by atoms with van der Waals surface area (Å²) in [7, 11) is 0. The van der Waals surface area contributed by atoms with E-state index in [1.807, 2.05) is 72.8 Å². The molecule has 0 aliphatic rings. The van der Waals surface area contributed by atoms with Gasteiger partial charge >= 0.3 is 6.09 Å². The van der Waals surface area contributed by atoms with Gasteiger partial charge in [-0.2, -0.15) is 0 Å². The maximum Gasteiger partial charge on any atom is 0.405 e. The lowest BCUT2D eigenvalue weighted by Gasteiger charge is -2.19. The molecule has 9 nitrogen and oxygen atoms in total. The molecule has 6 N–H and O–H groups in total. The number of pyridine rings is 1. The zero-order valence-corrected chi connectivity index (χ0v) is 23.4. The minimum absolute atomic E-state index is 0.0419. The summed E-state index contributed by atoms with van der Waals surface area (Å²) in [6.45, 7) is 1.29. The second-order valence-corrected chi connectivity index (χ2v) is 10.2. The van der Waals surface area contributed by atoms with Crippen LogP contribution in [0.4, 0.5) is 4.79 Å². The first-order chi connectivity index (χ1) is 20.9. The van der Waals surface area contributed by atoms with Crippen molar-refractivity contribution in [2.45, 2.75) is 25.2 Å². The summed E-state index contributed by atoms with van der Waals surface area (Å²) in [5.74, 6) is 0.595. The second kappa shape index (κ2) is 13.7. The van der Waals surface area contributed by atoms with Crippen LogP contribution in [-0.2, 0) is 13.0 Å². The van der Waals surface area contributed by atoms with E-state index < -0.39 is 18.2 Å². The summed E-state index contributed by atoms with van der Waals surface area (Å²) >= 11 is 0.